The molecule has 0 radical (unpaired) electrons. The molecule has 0 aliphatic rings. The molecule has 0 heterocycles. The molecule has 0 fully saturated rings. The van der Waals surface area contributed by atoms with E-state index >= 15 is 0 Å². The van der Waals surface area contributed by atoms with Crippen molar-refractivity contribution in [3.8, 4) is 0 Å². The molecule has 1 rings (SSSR count). The summed E-state index contributed by atoms with van der Waals surface area (Å²) in [5, 5.41) is 18.0. The molecule has 1 atom stereocenters. The number of anilines is 1. The molecule has 1 unspecified atom stereocenters. The monoisotopic (exact) mass is 216 g/mol. The molecule has 0 saturated heterocycles. The lowest BCUT2D eigenvalue weighted by Crippen LogP contribution is -2.11. The van der Waals surface area contributed by atoms with Crippen LogP contribution < -0.4 is 11.3 Å². The first kappa shape index (κ1) is 10.8. The number of nitrogen functional groups attached to an aromatic ring is 1. The maximum Gasteiger partial charge on any atom is 0.337 e. The second-order valence-corrected chi connectivity index (χ2v) is 3.03. The van der Waals surface area contributed by atoms with Gasteiger partial charge in [0.15, 0.2) is 6.10 Å². The average molecular weight is 217 g/mol. The van der Waals surface area contributed by atoms with Gasteiger partial charge in [0.05, 0.1) is 10.7 Å². The molecule has 0 bridgehead atoms. The molecule has 6 heteroatoms. The van der Waals surface area contributed by atoms with Crippen molar-refractivity contribution in [1.29, 1.82) is 0 Å². The van der Waals surface area contributed by atoms with Crippen LogP contribution >= 0.6 is 11.6 Å². The Kier molecular flexibility index (Phi) is 3.29. The van der Waals surface area contributed by atoms with Crippen LogP contribution in [0.4, 0.5) is 5.69 Å². The Morgan fingerprint density at radius 3 is 2.64 bits per heavy atom. The Hall–Kier alpha value is -1.30. The quantitative estimate of drug-likeness (QED) is 0.442. The predicted molar refractivity (Wildman–Crippen MR) is 51.9 cm³/mol. The summed E-state index contributed by atoms with van der Waals surface area (Å²) in [6.45, 7) is 0. The van der Waals surface area contributed by atoms with Crippen LogP contribution in [-0.4, -0.2) is 16.2 Å². The Bertz CT molecular complexity index is 356. The lowest BCUT2D eigenvalue weighted by atomic mass is 10.1. The molecule has 0 aliphatic heterocycles. The molecule has 0 spiro atoms. The molecule has 0 saturated carbocycles. The van der Waals surface area contributed by atoms with E-state index in [9.17, 15) is 9.90 Å². The standard InChI is InChI=1S/C8H9ClN2O3/c9-5-3-4(7(12)8(13)14)1-2-6(5)11-10/h1-3,7,11-12H,10H2,(H,13,14). The molecular weight excluding hydrogens is 208 g/mol. The van der Waals surface area contributed by atoms with Gasteiger partial charge in [-0.25, -0.2) is 4.79 Å². The highest BCUT2D eigenvalue weighted by Gasteiger charge is 2.16. The Labute approximate surface area is 85.1 Å². The summed E-state index contributed by atoms with van der Waals surface area (Å²) in [7, 11) is 0. The Morgan fingerprint density at radius 2 is 2.21 bits per heavy atom. The highest BCUT2D eigenvalue weighted by atomic mass is 35.5. The third-order valence-electron chi connectivity index (χ3n) is 1.70. The van der Waals surface area contributed by atoms with Gasteiger partial charge in [0.1, 0.15) is 0 Å². The highest BCUT2D eigenvalue weighted by molar-refractivity contribution is 6.33. The van der Waals surface area contributed by atoms with Gasteiger partial charge in [-0.2, -0.15) is 0 Å². The van der Waals surface area contributed by atoms with E-state index in [0.717, 1.165) is 0 Å². The molecule has 1 aromatic carbocycles. The van der Waals surface area contributed by atoms with Crippen LogP contribution in [0.5, 0.6) is 0 Å². The van der Waals surface area contributed by atoms with Crippen LogP contribution in [0.1, 0.15) is 11.7 Å². The van der Waals surface area contributed by atoms with Crippen molar-refractivity contribution in [3.63, 3.8) is 0 Å². The summed E-state index contributed by atoms with van der Waals surface area (Å²) in [5.41, 5.74) is 3.01. The van der Waals surface area contributed by atoms with E-state index in [1.165, 1.54) is 18.2 Å². The molecule has 14 heavy (non-hydrogen) atoms. The molecule has 0 amide bonds. The maximum absolute atomic E-state index is 10.4. The van der Waals surface area contributed by atoms with E-state index in [1.807, 2.05) is 0 Å². The summed E-state index contributed by atoms with van der Waals surface area (Å²) in [5.74, 6) is 3.80. The number of carboxylic acids is 1. The van der Waals surface area contributed by atoms with E-state index in [0.29, 0.717) is 5.69 Å². The normalized spacial score (nSPS) is 12.2. The summed E-state index contributed by atoms with van der Waals surface area (Å²) >= 11 is 5.73. The number of aliphatic hydroxyl groups excluding tert-OH is 1. The lowest BCUT2D eigenvalue weighted by molar-refractivity contribution is -0.146. The average Bonchev–Trinajstić information content (AvgIpc) is 2.16. The SMILES string of the molecule is NNc1ccc(C(O)C(=O)O)cc1Cl. The number of benzene rings is 1. The zero-order chi connectivity index (χ0) is 10.7. The number of aliphatic hydroxyl groups is 1. The van der Waals surface area contributed by atoms with Gasteiger partial charge in [0, 0.05) is 0 Å². The summed E-state index contributed by atoms with van der Waals surface area (Å²) in [6.07, 6.45) is -1.57. The first-order valence-electron chi connectivity index (χ1n) is 3.73. The molecular formula is C8H9ClN2O3. The number of carboxylic acid groups (broad SMARTS) is 1. The number of nitrogens with one attached hydrogen (secondary N) is 1. The van der Waals surface area contributed by atoms with E-state index in [1.54, 1.807) is 0 Å². The van der Waals surface area contributed by atoms with Gasteiger partial charge < -0.3 is 15.6 Å². The van der Waals surface area contributed by atoms with Crippen molar-refractivity contribution in [1.82, 2.24) is 0 Å². The predicted octanol–water partition coefficient (Wildman–Crippen LogP) is 0.744. The molecule has 1 aromatic rings. The minimum absolute atomic E-state index is 0.210. The number of hydrazine groups is 1. The van der Waals surface area contributed by atoms with E-state index in [4.69, 9.17) is 22.6 Å². The third-order valence-corrected chi connectivity index (χ3v) is 2.01. The van der Waals surface area contributed by atoms with Gasteiger partial charge in [-0.1, -0.05) is 17.7 Å². The smallest absolute Gasteiger partial charge is 0.337 e. The third kappa shape index (κ3) is 2.14. The van der Waals surface area contributed by atoms with Crippen molar-refractivity contribution in [3.05, 3.63) is 28.8 Å². The van der Waals surface area contributed by atoms with E-state index < -0.39 is 12.1 Å². The molecule has 0 aliphatic carbocycles. The molecule has 5 nitrogen and oxygen atoms in total. The Balaban J connectivity index is 3.02. The van der Waals surface area contributed by atoms with Crippen molar-refractivity contribution in [2.24, 2.45) is 5.84 Å². The fourth-order valence-corrected chi connectivity index (χ4v) is 1.20. The van der Waals surface area contributed by atoms with Crippen LogP contribution in [0.3, 0.4) is 0 Å². The minimum atomic E-state index is -1.57. The highest BCUT2D eigenvalue weighted by Crippen LogP contribution is 2.25. The molecule has 5 N–H and O–H groups in total. The van der Waals surface area contributed by atoms with Crippen molar-refractivity contribution < 1.29 is 15.0 Å². The van der Waals surface area contributed by atoms with Crippen LogP contribution in [0.25, 0.3) is 0 Å². The molecule has 76 valence electrons. The first-order chi connectivity index (χ1) is 6.56. The molecule has 0 aromatic heterocycles. The topological polar surface area (TPSA) is 95.6 Å². The number of aliphatic carboxylic acids is 1. The lowest BCUT2D eigenvalue weighted by Gasteiger charge is -2.08. The van der Waals surface area contributed by atoms with Crippen molar-refractivity contribution in [2.75, 3.05) is 5.43 Å². The van der Waals surface area contributed by atoms with Gasteiger partial charge in [-0.05, 0) is 17.7 Å². The van der Waals surface area contributed by atoms with Crippen LogP contribution in [-0.2, 0) is 4.79 Å². The number of halogens is 1. The van der Waals surface area contributed by atoms with E-state index in [-0.39, 0.29) is 10.6 Å². The van der Waals surface area contributed by atoms with E-state index in [2.05, 4.69) is 5.43 Å². The Morgan fingerprint density at radius 1 is 1.57 bits per heavy atom. The van der Waals surface area contributed by atoms with Crippen LogP contribution in [0, 0.1) is 0 Å². The van der Waals surface area contributed by atoms with Crippen molar-refractivity contribution in [2.45, 2.75) is 6.10 Å². The summed E-state index contributed by atoms with van der Waals surface area (Å²) < 4.78 is 0. The second-order valence-electron chi connectivity index (χ2n) is 2.62. The van der Waals surface area contributed by atoms with Crippen LogP contribution in [0.15, 0.2) is 18.2 Å². The zero-order valence-corrected chi connectivity index (χ0v) is 7.82. The number of nitrogens with two attached hydrogens (primary N) is 1. The van der Waals surface area contributed by atoms with Gasteiger partial charge in [-0.3, -0.25) is 5.84 Å². The minimum Gasteiger partial charge on any atom is -0.479 e. The van der Waals surface area contributed by atoms with Gasteiger partial charge >= 0.3 is 5.97 Å². The number of hydrogen-bond donors (Lipinski definition) is 4. The number of carbonyl (C=O) groups is 1. The summed E-state index contributed by atoms with van der Waals surface area (Å²) in [4.78, 5) is 10.4. The second kappa shape index (κ2) is 4.28. The van der Waals surface area contributed by atoms with Crippen LogP contribution in [0.2, 0.25) is 5.02 Å². The number of hydrogen-bond acceptors (Lipinski definition) is 4. The zero-order valence-electron chi connectivity index (χ0n) is 7.07. The number of rotatable bonds is 3. The maximum atomic E-state index is 10.4. The van der Waals surface area contributed by atoms with Crippen molar-refractivity contribution >= 4 is 23.3 Å². The van der Waals surface area contributed by atoms with Gasteiger partial charge in [-0.15, -0.1) is 0 Å². The first-order valence-corrected chi connectivity index (χ1v) is 4.11. The largest absolute Gasteiger partial charge is 0.479 e. The van der Waals surface area contributed by atoms with Gasteiger partial charge in [0.25, 0.3) is 0 Å². The fourth-order valence-electron chi connectivity index (χ4n) is 0.961. The summed E-state index contributed by atoms with van der Waals surface area (Å²) in [6, 6.07) is 4.26. The fraction of sp³-hybridized carbons (Fsp3) is 0.125. The van der Waals surface area contributed by atoms with Gasteiger partial charge in [0.2, 0.25) is 0 Å².